The molecule has 1 aliphatic heterocycles. The minimum absolute atomic E-state index is 0.474. The zero-order valence-corrected chi connectivity index (χ0v) is 14.3. The van der Waals surface area contributed by atoms with Crippen molar-refractivity contribution in [3.63, 3.8) is 0 Å². The molecule has 0 aromatic carbocycles. The van der Waals surface area contributed by atoms with Crippen LogP contribution in [0.4, 0.5) is 0 Å². The van der Waals surface area contributed by atoms with Crippen LogP contribution in [0.15, 0.2) is 0 Å². The van der Waals surface area contributed by atoms with Crippen molar-refractivity contribution >= 4 is 0 Å². The summed E-state index contributed by atoms with van der Waals surface area (Å²) in [6, 6.07) is 0.762. The van der Waals surface area contributed by atoms with E-state index in [0.29, 0.717) is 5.54 Å². The van der Waals surface area contributed by atoms with Gasteiger partial charge in [-0.1, -0.05) is 47.0 Å². The fraction of sp³-hybridized carbons (Fsp3) is 1.00. The summed E-state index contributed by atoms with van der Waals surface area (Å²) in [6.07, 6.45) is 9.73. The third-order valence-corrected chi connectivity index (χ3v) is 5.75. The summed E-state index contributed by atoms with van der Waals surface area (Å²) in [6.45, 7) is 13.3. The van der Waals surface area contributed by atoms with Gasteiger partial charge in [0.05, 0.1) is 0 Å². The molecule has 0 aromatic heterocycles. The monoisotopic (exact) mass is 280 g/mol. The smallest absolute Gasteiger partial charge is 0.0309 e. The van der Waals surface area contributed by atoms with Crippen LogP contribution in [0, 0.1) is 11.8 Å². The Hall–Kier alpha value is -0.0800. The standard InChI is InChI=1S/C18H36N2/c1-5-16(4)17-13-19-18(10-6-7-11-18)14-20(17)12-8-9-15(2)3/h15-17,19H,5-14H2,1-4H3. The molecule has 1 saturated carbocycles. The fourth-order valence-electron chi connectivity index (χ4n) is 4.18. The Kier molecular flexibility index (Phi) is 5.92. The summed E-state index contributed by atoms with van der Waals surface area (Å²) < 4.78 is 0. The van der Waals surface area contributed by atoms with Crippen LogP contribution < -0.4 is 5.32 Å². The minimum Gasteiger partial charge on any atom is -0.308 e. The van der Waals surface area contributed by atoms with E-state index in [1.54, 1.807) is 0 Å². The molecule has 2 rings (SSSR count). The average molecular weight is 280 g/mol. The third kappa shape index (κ3) is 3.98. The first-order chi connectivity index (χ1) is 9.56. The van der Waals surface area contributed by atoms with Crippen LogP contribution in [0.5, 0.6) is 0 Å². The molecule has 0 radical (unpaired) electrons. The van der Waals surface area contributed by atoms with Crippen LogP contribution in [0.2, 0.25) is 0 Å². The van der Waals surface area contributed by atoms with Gasteiger partial charge in [0.2, 0.25) is 0 Å². The van der Waals surface area contributed by atoms with E-state index in [9.17, 15) is 0 Å². The molecule has 20 heavy (non-hydrogen) atoms. The first kappa shape index (κ1) is 16.3. The summed E-state index contributed by atoms with van der Waals surface area (Å²) >= 11 is 0. The van der Waals surface area contributed by atoms with Gasteiger partial charge in [-0.25, -0.2) is 0 Å². The van der Waals surface area contributed by atoms with E-state index in [4.69, 9.17) is 0 Å². The zero-order valence-electron chi connectivity index (χ0n) is 14.3. The van der Waals surface area contributed by atoms with E-state index in [0.717, 1.165) is 17.9 Å². The summed E-state index contributed by atoms with van der Waals surface area (Å²) in [5, 5.41) is 3.95. The molecule has 2 heteroatoms. The molecule has 1 heterocycles. The lowest BCUT2D eigenvalue weighted by Gasteiger charge is -2.48. The largest absolute Gasteiger partial charge is 0.308 e. The Morgan fingerprint density at radius 1 is 1.20 bits per heavy atom. The molecular weight excluding hydrogens is 244 g/mol. The minimum atomic E-state index is 0.474. The second-order valence-corrected chi connectivity index (χ2v) is 7.83. The van der Waals surface area contributed by atoms with E-state index in [1.165, 1.54) is 64.6 Å². The SMILES string of the molecule is CCC(C)C1CNC2(CCCC2)CN1CCCC(C)C. The number of hydrogen-bond donors (Lipinski definition) is 1. The summed E-state index contributed by atoms with van der Waals surface area (Å²) in [5.41, 5.74) is 0.474. The molecule has 1 N–H and O–H groups in total. The van der Waals surface area contributed by atoms with Gasteiger partial charge >= 0.3 is 0 Å². The van der Waals surface area contributed by atoms with Gasteiger partial charge in [0.25, 0.3) is 0 Å². The fourth-order valence-corrected chi connectivity index (χ4v) is 4.18. The topological polar surface area (TPSA) is 15.3 Å². The van der Waals surface area contributed by atoms with Crippen molar-refractivity contribution in [2.24, 2.45) is 11.8 Å². The van der Waals surface area contributed by atoms with Crippen LogP contribution in [-0.2, 0) is 0 Å². The highest BCUT2D eigenvalue weighted by molar-refractivity contribution is 5.01. The van der Waals surface area contributed by atoms with Gasteiger partial charge < -0.3 is 5.32 Å². The lowest BCUT2D eigenvalue weighted by Crippen LogP contribution is -2.64. The molecule has 2 nitrogen and oxygen atoms in total. The maximum atomic E-state index is 3.95. The first-order valence-corrected chi connectivity index (χ1v) is 9.05. The van der Waals surface area contributed by atoms with Gasteiger partial charge in [0.15, 0.2) is 0 Å². The number of piperazine rings is 1. The Morgan fingerprint density at radius 3 is 2.50 bits per heavy atom. The second-order valence-electron chi connectivity index (χ2n) is 7.83. The normalized spacial score (nSPS) is 28.4. The Balaban J connectivity index is 1.95. The van der Waals surface area contributed by atoms with E-state index in [1.807, 2.05) is 0 Å². The predicted molar refractivity (Wildman–Crippen MR) is 88.1 cm³/mol. The van der Waals surface area contributed by atoms with Gasteiger partial charge in [0.1, 0.15) is 0 Å². The van der Waals surface area contributed by atoms with Gasteiger partial charge in [-0.05, 0) is 44.1 Å². The summed E-state index contributed by atoms with van der Waals surface area (Å²) in [7, 11) is 0. The maximum Gasteiger partial charge on any atom is 0.0309 e. The molecule has 0 amide bonds. The first-order valence-electron chi connectivity index (χ1n) is 9.05. The van der Waals surface area contributed by atoms with E-state index < -0.39 is 0 Å². The number of rotatable bonds is 6. The third-order valence-electron chi connectivity index (χ3n) is 5.75. The van der Waals surface area contributed by atoms with Crippen molar-refractivity contribution in [2.75, 3.05) is 19.6 Å². The van der Waals surface area contributed by atoms with Gasteiger partial charge in [-0.2, -0.15) is 0 Å². The van der Waals surface area contributed by atoms with Crippen molar-refractivity contribution in [3.05, 3.63) is 0 Å². The highest BCUT2D eigenvalue weighted by Gasteiger charge is 2.41. The molecule has 1 spiro atoms. The molecule has 2 unspecified atom stereocenters. The quantitative estimate of drug-likeness (QED) is 0.789. The molecule has 1 aliphatic carbocycles. The molecular formula is C18H36N2. The lowest BCUT2D eigenvalue weighted by molar-refractivity contribution is 0.0499. The van der Waals surface area contributed by atoms with Gasteiger partial charge in [-0.15, -0.1) is 0 Å². The zero-order chi connectivity index (χ0) is 14.6. The van der Waals surface area contributed by atoms with Crippen LogP contribution in [0.25, 0.3) is 0 Å². The Bertz CT molecular complexity index is 281. The predicted octanol–water partition coefficient (Wildman–Crippen LogP) is 4.06. The van der Waals surface area contributed by atoms with Crippen molar-refractivity contribution in [3.8, 4) is 0 Å². The Morgan fingerprint density at radius 2 is 1.90 bits per heavy atom. The Labute approximate surface area is 126 Å². The highest BCUT2D eigenvalue weighted by atomic mass is 15.3. The van der Waals surface area contributed by atoms with E-state index >= 15 is 0 Å². The van der Waals surface area contributed by atoms with Crippen molar-refractivity contribution in [1.29, 1.82) is 0 Å². The summed E-state index contributed by atoms with van der Waals surface area (Å²) in [4.78, 5) is 2.85. The van der Waals surface area contributed by atoms with Gasteiger partial charge in [0, 0.05) is 24.7 Å². The second kappa shape index (κ2) is 7.26. The molecule has 0 bridgehead atoms. The number of nitrogens with zero attached hydrogens (tertiary/aromatic N) is 1. The van der Waals surface area contributed by atoms with Crippen molar-refractivity contribution in [2.45, 2.75) is 84.2 Å². The van der Waals surface area contributed by atoms with Crippen LogP contribution in [0.1, 0.15) is 72.6 Å². The molecule has 2 aliphatic rings. The summed E-state index contributed by atoms with van der Waals surface area (Å²) in [5.74, 6) is 1.67. The maximum absolute atomic E-state index is 3.95. The lowest BCUT2D eigenvalue weighted by atomic mass is 9.87. The number of hydrogen-bond acceptors (Lipinski definition) is 2. The van der Waals surface area contributed by atoms with Crippen LogP contribution >= 0.6 is 0 Å². The highest BCUT2D eigenvalue weighted by Crippen LogP contribution is 2.34. The van der Waals surface area contributed by atoms with Crippen molar-refractivity contribution in [1.82, 2.24) is 10.2 Å². The molecule has 0 aromatic rings. The number of nitrogens with one attached hydrogen (secondary N) is 1. The average Bonchev–Trinajstić information content (AvgIpc) is 2.86. The molecule has 2 fully saturated rings. The van der Waals surface area contributed by atoms with Crippen LogP contribution in [0.3, 0.4) is 0 Å². The van der Waals surface area contributed by atoms with Gasteiger partial charge in [-0.3, -0.25) is 4.90 Å². The van der Waals surface area contributed by atoms with Crippen LogP contribution in [-0.4, -0.2) is 36.1 Å². The van der Waals surface area contributed by atoms with E-state index in [2.05, 4.69) is 37.9 Å². The van der Waals surface area contributed by atoms with E-state index in [-0.39, 0.29) is 0 Å². The molecule has 1 saturated heterocycles. The van der Waals surface area contributed by atoms with Crippen molar-refractivity contribution < 1.29 is 0 Å². The molecule has 118 valence electrons. The molecule has 2 atom stereocenters.